The van der Waals surface area contributed by atoms with Gasteiger partial charge < -0.3 is 10.2 Å². The van der Waals surface area contributed by atoms with Crippen LogP contribution in [0.3, 0.4) is 0 Å². The lowest BCUT2D eigenvalue weighted by Gasteiger charge is -2.01. The van der Waals surface area contributed by atoms with E-state index in [9.17, 15) is 4.79 Å². The molecule has 0 bridgehead atoms. The number of nitrogens with zero attached hydrogens (tertiary/aromatic N) is 1. The predicted octanol–water partition coefficient (Wildman–Crippen LogP) is 1.67. The van der Waals surface area contributed by atoms with E-state index in [0.717, 1.165) is 15.2 Å². The molecule has 0 aliphatic rings. The Balaban J connectivity index is 2.07. The van der Waals surface area contributed by atoms with Gasteiger partial charge in [0.25, 0.3) is 0 Å². The van der Waals surface area contributed by atoms with E-state index in [1.165, 1.54) is 11.3 Å². The molecular formula is C11H11NO3S. The minimum absolute atomic E-state index is 0.204. The number of fused-ring (bicyclic) bond motifs is 1. The normalized spacial score (nSPS) is 12.8. The fourth-order valence-corrected chi connectivity index (χ4v) is 2.39. The lowest BCUT2D eigenvalue weighted by atomic mass is 10.2. The third-order valence-corrected chi connectivity index (χ3v) is 3.35. The molecule has 0 radical (unpaired) electrons. The van der Waals surface area contributed by atoms with Crippen LogP contribution in [0.4, 0.5) is 0 Å². The summed E-state index contributed by atoms with van der Waals surface area (Å²) in [5.74, 6) is -1.18. The first-order valence-corrected chi connectivity index (χ1v) is 5.74. The number of aliphatic carboxylic acids is 1. The second-order valence-electron chi connectivity index (χ2n) is 3.47. The van der Waals surface area contributed by atoms with Crippen LogP contribution in [0.2, 0.25) is 0 Å². The van der Waals surface area contributed by atoms with Crippen LogP contribution in [0.1, 0.15) is 11.4 Å². The van der Waals surface area contributed by atoms with E-state index >= 15 is 0 Å². The van der Waals surface area contributed by atoms with Crippen molar-refractivity contribution in [3.05, 3.63) is 29.3 Å². The highest BCUT2D eigenvalue weighted by molar-refractivity contribution is 7.18. The van der Waals surface area contributed by atoms with Gasteiger partial charge in [0.15, 0.2) is 6.10 Å². The Morgan fingerprint density at radius 2 is 2.19 bits per heavy atom. The fraction of sp³-hybridized carbons (Fsp3) is 0.273. The fourth-order valence-electron chi connectivity index (χ4n) is 1.41. The molecule has 16 heavy (non-hydrogen) atoms. The number of para-hydroxylation sites is 1. The summed E-state index contributed by atoms with van der Waals surface area (Å²) >= 11 is 1.54. The number of aromatic nitrogens is 1. The van der Waals surface area contributed by atoms with Crippen molar-refractivity contribution in [1.82, 2.24) is 4.98 Å². The number of hydrogen-bond acceptors (Lipinski definition) is 4. The van der Waals surface area contributed by atoms with Crippen molar-refractivity contribution in [2.75, 3.05) is 0 Å². The van der Waals surface area contributed by atoms with Gasteiger partial charge in [0.05, 0.1) is 15.2 Å². The molecule has 0 spiro atoms. The zero-order chi connectivity index (χ0) is 11.5. The first-order valence-electron chi connectivity index (χ1n) is 4.92. The van der Waals surface area contributed by atoms with E-state index in [1.807, 2.05) is 24.3 Å². The Morgan fingerprint density at radius 3 is 2.88 bits per heavy atom. The second kappa shape index (κ2) is 4.59. The van der Waals surface area contributed by atoms with Gasteiger partial charge in [-0.2, -0.15) is 0 Å². The summed E-state index contributed by atoms with van der Waals surface area (Å²) in [6.07, 6.45) is -0.603. The summed E-state index contributed by atoms with van der Waals surface area (Å²) in [4.78, 5) is 14.8. The Hall–Kier alpha value is -1.46. The first kappa shape index (κ1) is 11.0. The number of rotatable bonds is 4. The summed E-state index contributed by atoms with van der Waals surface area (Å²) in [5, 5.41) is 18.5. The number of carbonyl (C=O) groups is 1. The number of aliphatic hydroxyl groups excluding tert-OH is 1. The Labute approximate surface area is 96.2 Å². The van der Waals surface area contributed by atoms with E-state index in [-0.39, 0.29) is 6.42 Å². The molecule has 0 saturated carbocycles. The summed E-state index contributed by atoms with van der Waals surface area (Å²) in [5.41, 5.74) is 0.923. The lowest BCUT2D eigenvalue weighted by molar-refractivity contribution is -0.146. The molecule has 0 aliphatic carbocycles. The Morgan fingerprint density at radius 1 is 1.44 bits per heavy atom. The van der Waals surface area contributed by atoms with Crippen molar-refractivity contribution >= 4 is 27.5 Å². The molecule has 0 fully saturated rings. The summed E-state index contributed by atoms with van der Waals surface area (Å²) in [6, 6.07) is 7.75. The lowest BCUT2D eigenvalue weighted by Crippen LogP contribution is -2.19. The maximum atomic E-state index is 10.4. The van der Waals surface area contributed by atoms with Crippen LogP contribution >= 0.6 is 11.3 Å². The first-order chi connectivity index (χ1) is 7.66. The van der Waals surface area contributed by atoms with Gasteiger partial charge in [0.2, 0.25) is 0 Å². The smallest absolute Gasteiger partial charge is 0.332 e. The second-order valence-corrected chi connectivity index (χ2v) is 4.58. The maximum Gasteiger partial charge on any atom is 0.332 e. The molecule has 0 aliphatic heterocycles. The predicted molar refractivity (Wildman–Crippen MR) is 61.6 cm³/mol. The van der Waals surface area contributed by atoms with Crippen molar-refractivity contribution in [3.8, 4) is 0 Å². The van der Waals surface area contributed by atoms with E-state index in [2.05, 4.69) is 4.98 Å². The summed E-state index contributed by atoms with van der Waals surface area (Å²) in [7, 11) is 0. The zero-order valence-electron chi connectivity index (χ0n) is 8.46. The molecule has 5 heteroatoms. The highest BCUT2D eigenvalue weighted by atomic mass is 32.1. The topological polar surface area (TPSA) is 70.4 Å². The van der Waals surface area contributed by atoms with Gasteiger partial charge in [-0.1, -0.05) is 12.1 Å². The van der Waals surface area contributed by atoms with Crippen molar-refractivity contribution in [1.29, 1.82) is 0 Å². The van der Waals surface area contributed by atoms with E-state index in [0.29, 0.717) is 6.42 Å². The van der Waals surface area contributed by atoms with Crippen LogP contribution in [-0.4, -0.2) is 27.3 Å². The number of aryl methyl sites for hydroxylation is 1. The van der Waals surface area contributed by atoms with Gasteiger partial charge in [-0.25, -0.2) is 9.78 Å². The molecule has 1 atom stereocenters. The minimum atomic E-state index is -1.30. The van der Waals surface area contributed by atoms with E-state index in [1.54, 1.807) is 0 Å². The van der Waals surface area contributed by atoms with Gasteiger partial charge in [0, 0.05) is 6.42 Å². The monoisotopic (exact) mass is 237 g/mol. The molecule has 1 aromatic carbocycles. The van der Waals surface area contributed by atoms with E-state index in [4.69, 9.17) is 10.2 Å². The standard InChI is InChI=1S/C11H11NO3S/c13-8(11(14)15)5-6-10-12-7-3-1-2-4-9(7)16-10/h1-4,8,13H,5-6H2,(H,14,15). The molecule has 0 amide bonds. The van der Waals surface area contributed by atoms with E-state index < -0.39 is 12.1 Å². The van der Waals surface area contributed by atoms with Gasteiger partial charge >= 0.3 is 5.97 Å². The molecular weight excluding hydrogens is 226 g/mol. The van der Waals surface area contributed by atoms with Crippen LogP contribution in [0.5, 0.6) is 0 Å². The number of thiazole rings is 1. The van der Waals surface area contributed by atoms with Gasteiger partial charge in [-0.15, -0.1) is 11.3 Å². The molecule has 84 valence electrons. The number of aliphatic hydroxyl groups is 1. The highest BCUT2D eigenvalue weighted by Crippen LogP contribution is 2.22. The number of carboxylic acid groups (broad SMARTS) is 1. The van der Waals surface area contributed by atoms with Gasteiger partial charge in [0.1, 0.15) is 0 Å². The largest absolute Gasteiger partial charge is 0.479 e. The maximum absolute atomic E-state index is 10.4. The number of benzene rings is 1. The third kappa shape index (κ3) is 2.37. The molecule has 4 nitrogen and oxygen atoms in total. The van der Waals surface area contributed by atoms with Crippen molar-refractivity contribution in [2.45, 2.75) is 18.9 Å². The average molecular weight is 237 g/mol. The molecule has 1 aromatic heterocycles. The highest BCUT2D eigenvalue weighted by Gasteiger charge is 2.13. The number of hydrogen-bond donors (Lipinski definition) is 2. The quantitative estimate of drug-likeness (QED) is 0.848. The molecule has 1 unspecified atom stereocenters. The zero-order valence-corrected chi connectivity index (χ0v) is 9.28. The summed E-state index contributed by atoms with van der Waals surface area (Å²) in [6.45, 7) is 0. The van der Waals surface area contributed by atoms with Crippen LogP contribution in [-0.2, 0) is 11.2 Å². The van der Waals surface area contributed by atoms with Crippen molar-refractivity contribution in [3.63, 3.8) is 0 Å². The Bertz CT molecular complexity index is 476. The average Bonchev–Trinajstić information content (AvgIpc) is 2.68. The minimum Gasteiger partial charge on any atom is -0.479 e. The molecule has 2 rings (SSSR count). The molecule has 2 N–H and O–H groups in total. The summed E-state index contributed by atoms with van der Waals surface area (Å²) < 4.78 is 1.09. The molecule has 1 heterocycles. The van der Waals surface area contributed by atoms with Crippen LogP contribution in [0.15, 0.2) is 24.3 Å². The third-order valence-electron chi connectivity index (χ3n) is 2.25. The van der Waals surface area contributed by atoms with Crippen LogP contribution in [0.25, 0.3) is 10.2 Å². The van der Waals surface area contributed by atoms with Crippen LogP contribution in [0, 0.1) is 0 Å². The number of carboxylic acids is 1. The molecule has 0 saturated heterocycles. The van der Waals surface area contributed by atoms with Crippen molar-refractivity contribution < 1.29 is 15.0 Å². The Kier molecular flexibility index (Phi) is 3.17. The van der Waals surface area contributed by atoms with Gasteiger partial charge in [-0.05, 0) is 18.6 Å². The van der Waals surface area contributed by atoms with Crippen LogP contribution < -0.4 is 0 Å². The molecule has 2 aromatic rings. The van der Waals surface area contributed by atoms with Crippen molar-refractivity contribution in [2.24, 2.45) is 0 Å². The SMILES string of the molecule is O=C(O)C(O)CCc1nc2ccccc2s1. The van der Waals surface area contributed by atoms with Gasteiger partial charge in [-0.3, -0.25) is 0 Å².